The van der Waals surface area contributed by atoms with Gasteiger partial charge in [0.1, 0.15) is 0 Å². The standard InChI is InChI=1S/C18H29N3O4/c1-4-24-16(25-5-2)10-11-20-14-8-9-15-13(17(14)19)7-6-12(3)21(15)18(22)23/h8-9,12,16,20H,4-7,10-11,19H2,1-3H3,(H,22,23)/t12-/m0/s1. The van der Waals surface area contributed by atoms with Crippen molar-refractivity contribution >= 4 is 23.2 Å². The largest absolute Gasteiger partial charge is 0.465 e. The summed E-state index contributed by atoms with van der Waals surface area (Å²) in [6.07, 6.45) is 1.08. The van der Waals surface area contributed by atoms with Crippen LogP contribution in [0.2, 0.25) is 0 Å². The molecule has 1 aliphatic rings. The summed E-state index contributed by atoms with van der Waals surface area (Å²) in [4.78, 5) is 12.9. The lowest BCUT2D eigenvalue weighted by atomic mass is 9.95. The van der Waals surface area contributed by atoms with E-state index < -0.39 is 6.09 Å². The number of ether oxygens (including phenoxy) is 2. The summed E-state index contributed by atoms with van der Waals surface area (Å²) < 4.78 is 11.1. The molecule has 1 aliphatic heterocycles. The number of hydrogen-bond acceptors (Lipinski definition) is 5. The monoisotopic (exact) mass is 351 g/mol. The van der Waals surface area contributed by atoms with E-state index in [0.29, 0.717) is 37.6 Å². The molecular formula is C18H29N3O4. The Morgan fingerprint density at radius 1 is 1.40 bits per heavy atom. The first kappa shape index (κ1) is 19.3. The highest BCUT2D eigenvalue weighted by Gasteiger charge is 2.29. The molecule has 0 aliphatic carbocycles. The summed E-state index contributed by atoms with van der Waals surface area (Å²) in [5.41, 5.74) is 9.34. The van der Waals surface area contributed by atoms with E-state index in [1.807, 2.05) is 32.9 Å². The molecule has 0 saturated carbocycles. The number of nitrogens with zero attached hydrogens (tertiary/aromatic N) is 1. The first-order chi connectivity index (χ1) is 12.0. The number of benzene rings is 1. The average Bonchev–Trinajstić information content (AvgIpc) is 2.56. The Morgan fingerprint density at radius 3 is 2.68 bits per heavy atom. The summed E-state index contributed by atoms with van der Waals surface area (Å²) in [6, 6.07) is 3.64. The maximum atomic E-state index is 11.5. The minimum absolute atomic E-state index is 0.0404. The van der Waals surface area contributed by atoms with E-state index in [1.54, 1.807) is 0 Å². The van der Waals surface area contributed by atoms with Crippen molar-refractivity contribution in [2.45, 2.75) is 52.4 Å². The third kappa shape index (κ3) is 4.55. The molecule has 140 valence electrons. The first-order valence-corrected chi connectivity index (χ1v) is 8.90. The van der Waals surface area contributed by atoms with Gasteiger partial charge in [-0.05, 0) is 45.7 Å². The number of amides is 1. The number of nitrogens with one attached hydrogen (secondary N) is 1. The molecule has 1 atom stereocenters. The van der Waals surface area contributed by atoms with E-state index in [-0.39, 0.29) is 12.3 Å². The zero-order valence-corrected chi connectivity index (χ0v) is 15.2. The smallest absolute Gasteiger partial charge is 0.412 e. The molecule has 1 aromatic carbocycles. The zero-order valence-electron chi connectivity index (χ0n) is 15.2. The fourth-order valence-corrected chi connectivity index (χ4v) is 3.22. The van der Waals surface area contributed by atoms with Gasteiger partial charge >= 0.3 is 6.09 Å². The number of anilines is 3. The summed E-state index contributed by atoms with van der Waals surface area (Å²) in [5.74, 6) is 0. The normalized spacial score (nSPS) is 16.8. The van der Waals surface area contributed by atoms with Crippen LogP contribution in [0.15, 0.2) is 12.1 Å². The molecule has 0 fully saturated rings. The molecule has 0 aromatic heterocycles. The van der Waals surface area contributed by atoms with Crippen LogP contribution in [0, 0.1) is 0 Å². The van der Waals surface area contributed by atoms with Gasteiger partial charge in [0, 0.05) is 37.8 Å². The van der Waals surface area contributed by atoms with Crippen LogP contribution in [-0.2, 0) is 15.9 Å². The molecular weight excluding hydrogens is 322 g/mol. The minimum atomic E-state index is -0.940. The summed E-state index contributed by atoms with van der Waals surface area (Å²) in [7, 11) is 0. The van der Waals surface area contributed by atoms with Gasteiger partial charge in [0.05, 0.1) is 17.1 Å². The van der Waals surface area contributed by atoms with Crippen molar-refractivity contribution in [1.82, 2.24) is 0 Å². The molecule has 25 heavy (non-hydrogen) atoms. The Bertz CT molecular complexity index is 588. The highest BCUT2D eigenvalue weighted by Crippen LogP contribution is 2.38. The molecule has 0 radical (unpaired) electrons. The number of carboxylic acid groups (broad SMARTS) is 1. The first-order valence-electron chi connectivity index (χ1n) is 8.90. The third-order valence-electron chi connectivity index (χ3n) is 4.45. The Labute approximate surface area is 149 Å². The van der Waals surface area contributed by atoms with Crippen molar-refractivity contribution < 1.29 is 19.4 Å². The number of carbonyl (C=O) groups is 1. The fourth-order valence-electron chi connectivity index (χ4n) is 3.22. The molecule has 0 bridgehead atoms. The molecule has 7 heteroatoms. The van der Waals surface area contributed by atoms with Crippen LogP contribution < -0.4 is 16.0 Å². The maximum absolute atomic E-state index is 11.5. The van der Waals surface area contributed by atoms with Crippen molar-refractivity contribution in [2.75, 3.05) is 35.7 Å². The number of hydrogen-bond donors (Lipinski definition) is 3. The molecule has 2 rings (SSSR count). The molecule has 4 N–H and O–H groups in total. The predicted octanol–water partition coefficient (Wildman–Crippen LogP) is 3.29. The number of nitrogen functional groups attached to an aromatic ring is 1. The van der Waals surface area contributed by atoms with Crippen LogP contribution in [0.25, 0.3) is 0 Å². The summed E-state index contributed by atoms with van der Waals surface area (Å²) >= 11 is 0. The van der Waals surface area contributed by atoms with E-state index in [0.717, 1.165) is 24.1 Å². The fraction of sp³-hybridized carbons (Fsp3) is 0.611. The molecule has 0 spiro atoms. The van der Waals surface area contributed by atoms with Crippen molar-refractivity contribution in [3.05, 3.63) is 17.7 Å². The van der Waals surface area contributed by atoms with Crippen LogP contribution in [-0.4, -0.2) is 43.3 Å². The van der Waals surface area contributed by atoms with Crippen LogP contribution >= 0.6 is 0 Å². The van der Waals surface area contributed by atoms with Gasteiger partial charge < -0.3 is 25.6 Å². The second-order valence-corrected chi connectivity index (χ2v) is 6.12. The van der Waals surface area contributed by atoms with Crippen molar-refractivity contribution in [2.24, 2.45) is 0 Å². The van der Waals surface area contributed by atoms with Crippen LogP contribution in [0.1, 0.15) is 39.2 Å². The lowest BCUT2D eigenvalue weighted by Crippen LogP contribution is -2.41. The molecule has 0 unspecified atom stereocenters. The summed E-state index contributed by atoms with van der Waals surface area (Å²) in [5, 5.41) is 12.8. The highest BCUT2D eigenvalue weighted by molar-refractivity contribution is 5.92. The van der Waals surface area contributed by atoms with Crippen molar-refractivity contribution in [3.8, 4) is 0 Å². The van der Waals surface area contributed by atoms with Gasteiger partial charge in [0.2, 0.25) is 0 Å². The quantitative estimate of drug-likeness (QED) is 0.491. The molecule has 1 heterocycles. The maximum Gasteiger partial charge on any atom is 0.412 e. The Morgan fingerprint density at radius 2 is 2.08 bits per heavy atom. The topological polar surface area (TPSA) is 97.1 Å². The lowest BCUT2D eigenvalue weighted by Gasteiger charge is -2.34. The van der Waals surface area contributed by atoms with E-state index in [9.17, 15) is 9.90 Å². The van der Waals surface area contributed by atoms with Crippen molar-refractivity contribution in [3.63, 3.8) is 0 Å². The summed E-state index contributed by atoms with van der Waals surface area (Å²) in [6.45, 7) is 7.67. The van der Waals surface area contributed by atoms with Gasteiger partial charge in [-0.3, -0.25) is 4.90 Å². The molecule has 1 amide bonds. The second-order valence-electron chi connectivity index (χ2n) is 6.12. The van der Waals surface area contributed by atoms with Crippen molar-refractivity contribution in [1.29, 1.82) is 0 Å². The molecule has 0 saturated heterocycles. The van der Waals surface area contributed by atoms with E-state index in [4.69, 9.17) is 15.2 Å². The molecule has 1 aromatic rings. The highest BCUT2D eigenvalue weighted by atomic mass is 16.7. The van der Waals surface area contributed by atoms with E-state index in [1.165, 1.54) is 4.90 Å². The van der Waals surface area contributed by atoms with Gasteiger partial charge in [-0.25, -0.2) is 4.79 Å². The Hall–Kier alpha value is -1.99. The van der Waals surface area contributed by atoms with Gasteiger partial charge in [-0.2, -0.15) is 0 Å². The third-order valence-corrected chi connectivity index (χ3v) is 4.45. The number of nitrogens with two attached hydrogens (primary N) is 1. The number of fused-ring (bicyclic) bond motifs is 1. The van der Waals surface area contributed by atoms with E-state index in [2.05, 4.69) is 5.32 Å². The number of rotatable bonds is 8. The van der Waals surface area contributed by atoms with Gasteiger partial charge in [0.25, 0.3) is 0 Å². The minimum Gasteiger partial charge on any atom is -0.465 e. The van der Waals surface area contributed by atoms with Gasteiger partial charge in [0.15, 0.2) is 6.29 Å². The zero-order chi connectivity index (χ0) is 18.4. The van der Waals surface area contributed by atoms with Crippen LogP contribution in [0.4, 0.5) is 21.9 Å². The Balaban J connectivity index is 2.08. The molecule has 7 nitrogen and oxygen atoms in total. The van der Waals surface area contributed by atoms with Crippen LogP contribution in [0.5, 0.6) is 0 Å². The van der Waals surface area contributed by atoms with Gasteiger partial charge in [-0.1, -0.05) is 0 Å². The lowest BCUT2D eigenvalue weighted by molar-refractivity contribution is -0.137. The average molecular weight is 351 g/mol. The van der Waals surface area contributed by atoms with Crippen LogP contribution in [0.3, 0.4) is 0 Å². The van der Waals surface area contributed by atoms with E-state index >= 15 is 0 Å². The second kappa shape index (κ2) is 8.92. The Kier molecular flexibility index (Phi) is 6.90. The SMILES string of the molecule is CCOC(CCNc1ccc2c(c1N)CC[C@H](C)N2C(=O)O)OCC. The predicted molar refractivity (Wildman–Crippen MR) is 99.3 cm³/mol. The van der Waals surface area contributed by atoms with Gasteiger partial charge in [-0.15, -0.1) is 0 Å².